The maximum atomic E-state index is 13.4. The lowest BCUT2D eigenvalue weighted by molar-refractivity contribution is -0.141. The largest absolute Gasteiger partial charge is 0.477 e. The number of halogens is 3. The average Bonchev–Trinajstić information content (AvgIpc) is 3.33. The van der Waals surface area contributed by atoms with Crippen molar-refractivity contribution >= 4 is 34.5 Å². The van der Waals surface area contributed by atoms with E-state index in [1.54, 1.807) is 4.90 Å². The van der Waals surface area contributed by atoms with Gasteiger partial charge in [-0.2, -0.15) is 18.2 Å². The number of rotatable bonds is 4. The van der Waals surface area contributed by atoms with Gasteiger partial charge >= 0.3 is 12.1 Å². The number of amides is 1. The van der Waals surface area contributed by atoms with Gasteiger partial charge in [0.15, 0.2) is 5.69 Å². The molecule has 0 bridgehead atoms. The van der Waals surface area contributed by atoms with Crippen LogP contribution in [0, 0.1) is 0 Å². The Balaban J connectivity index is 1.62. The third-order valence-corrected chi connectivity index (χ3v) is 4.83. The molecule has 3 aromatic rings. The number of hydrogen-bond donors (Lipinski definition) is 3. The molecule has 3 N–H and O–H groups in total. The van der Waals surface area contributed by atoms with Crippen molar-refractivity contribution in [1.29, 1.82) is 0 Å². The van der Waals surface area contributed by atoms with Gasteiger partial charge in [0.1, 0.15) is 5.69 Å². The monoisotopic (exact) mass is 422 g/mol. The topological polar surface area (TPSA) is 111 Å². The van der Waals surface area contributed by atoms with Crippen LogP contribution in [0.25, 0.3) is 10.9 Å². The molecule has 2 aromatic heterocycles. The van der Waals surface area contributed by atoms with Crippen LogP contribution in [0.5, 0.6) is 0 Å². The molecule has 30 heavy (non-hydrogen) atoms. The van der Waals surface area contributed by atoms with Gasteiger partial charge in [0, 0.05) is 29.7 Å². The summed E-state index contributed by atoms with van der Waals surface area (Å²) in [6, 6.07) is 5.54. The van der Waals surface area contributed by atoms with Crippen LogP contribution in [0.2, 0.25) is 0 Å². The van der Waals surface area contributed by atoms with E-state index in [1.165, 1.54) is 24.3 Å². The minimum atomic E-state index is -4.86. The number of aromatic nitrogens is 2. The zero-order chi connectivity index (χ0) is 21.5. The predicted octanol–water partition coefficient (Wildman–Crippen LogP) is 4.12. The van der Waals surface area contributed by atoms with Crippen LogP contribution in [0.1, 0.15) is 46.0 Å². The van der Waals surface area contributed by atoms with Gasteiger partial charge < -0.3 is 24.7 Å². The Kier molecular flexibility index (Phi) is 4.88. The third kappa shape index (κ3) is 3.82. The van der Waals surface area contributed by atoms with Crippen LogP contribution in [0.4, 0.5) is 24.9 Å². The van der Waals surface area contributed by atoms with Gasteiger partial charge in [-0.15, -0.1) is 0 Å². The van der Waals surface area contributed by atoms with Crippen molar-refractivity contribution in [3.8, 4) is 0 Å². The standard InChI is InChI=1S/C19H17F3N4O4/c20-19(21,22)15-14(30-18(25-15)26-6-2-1-3-7-26)16(27)23-11-4-5-12-10(8-11)9-13(24-12)17(28)29/h4-5,8-9,24H,1-3,6-7H2,(H,23,27)(H,28,29). The van der Waals surface area contributed by atoms with Gasteiger partial charge in [0.2, 0.25) is 5.76 Å². The zero-order valence-electron chi connectivity index (χ0n) is 15.5. The highest BCUT2D eigenvalue weighted by molar-refractivity contribution is 6.04. The molecule has 1 saturated heterocycles. The van der Waals surface area contributed by atoms with Gasteiger partial charge in [-0.05, 0) is 43.5 Å². The van der Waals surface area contributed by atoms with Crippen molar-refractivity contribution in [2.24, 2.45) is 0 Å². The average molecular weight is 422 g/mol. The molecule has 0 aliphatic carbocycles. The van der Waals surface area contributed by atoms with E-state index in [-0.39, 0.29) is 17.4 Å². The summed E-state index contributed by atoms with van der Waals surface area (Å²) < 4.78 is 45.5. The number of aromatic amines is 1. The van der Waals surface area contributed by atoms with Gasteiger partial charge in [-0.25, -0.2) is 4.79 Å². The zero-order valence-corrected chi connectivity index (χ0v) is 15.5. The van der Waals surface area contributed by atoms with Gasteiger partial charge in [0.25, 0.3) is 11.9 Å². The van der Waals surface area contributed by atoms with E-state index < -0.39 is 29.5 Å². The summed E-state index contributed by atoms with van der Waals surface area (Å²) in [6.45, 7) is 1.02. The number of alkyl halides is 3. The number of aromatic carboxylic acids is 1. The molecular formula is C19H17F3N4O4. The maximum Gasteiger partial charge on any atom is 0.437 e. The molecule has 1 amide bonds. The highest BCUT2D eigenvalue weighted by atomic mass is 19.4. The Hall–Kier alpha value is -3.50. The number of benzene rings is 1. The second-order valence-corrected chi connectivity index (χ2v) is 6.96. The van der Waals surface area contributed by atoms with Crippen molar-refractivity contribution in [2.45, 2.75) is 25.4 Å². The summed E-state index contributed by atoms with van der Waals surface area (Å²) in [4.78, 5) is 31.4. The molecule has 0 unspecified atom stereocenters. The highest BCUT2D eigenvalue weighted by Gasteiger charge is 2.42. The molecule has 0 atom stereocenters. The number of anilines is 2. The fraction of sp³-hybridized carbons (Fsp3) is 0.316. The third-order valence-electron chi connectivity index (χ3n) is 4.83. The number of carboxylic acid groups (broad SMARTS) is 1. The van der Waals surface area contributed by atoms with E-state index in [4.69, 9.17) is 9.52 Å². The lowest BCUT2D eigenvalue weighted by atomic mass is 10.1. The van der Waals surface area contributed by atoms with Crippen LogP contribution in [0.3, 0.4) is 0 Å². The first-order chi connectivity index (χ1) is 14.2. The summed E-state index contributed by atoms with van der Waals surface area (Å²) in [5.74, 6) is -3.16. The fourth-order valence-electron chi connectivity index (χ4n) is 3.39. The Morgan fingerprint density at radius 3 is 2.57 bits per heavy atom. The van der Waals surface area contributed by atoms with Crippen LogP contribution in [-0.4, -0.2) is 40.0 Å². The molecule has 4 rings (SSSR count). The SMILES string of the molecule is O=C(O)c1cc2cc(NC(=O)c3oc(N4CCCCC4)nc3C(F)(F)F)ccc2[nH]1. The first kappa shape index (κ1) is 19.8. The first-order valence-electron chi connectivity index (χ1n) is 9.23. The highest BCUT2D eigenvalue weighted by Crippen LogP contribution is 2.35. The number of carbonyl (C=O) groups is 2. The summed E-state index contributed by atoms with van der Waals surface area (Å²) >= 11 is 0. The maximum absolute atomic E-state index is 13.4. The van der Waals surface area contributed by atoms with Crippen LogP contribution in [0.15, 0.2) is 28.7 Å². The summed E-state index contributed by atoms with van der Waals surface area (Å²) in [7, 11) is 0. The van der Waals surface area contributed by atoms with Crippen LogP contribution in [-0.2, 0) is 6.18 Å². The second kappa shape index (κ2) is 7.39. The number of oxazole rings is 1. The minimum Gasteiger partial charge on any atom is -0.477 e. The number of hydrogen-bond acceptors (Lipinski definition) is 5. The van der Waals surface area contributed by atoms with E-state index in [2.05, 4.69) is 15.3 Å². The molecule has 0 saturated carbocycles. The van der Waals surface area contributed by atoms with Gasteiger partial charge in [-0.3, -0.25) is 4.79 Å². The lowest BCUT2D eigenvalue weighted by Crippen LogP contribution is -2.29. The molecule has 158 valence electrons. The Morgan fingerprint density at radius 2 is 1.90 bits per heavy atom. The Bertz CT molecular complexity index is 1110. The Labute approximate surface area is 167 Å². The number of carboxylic acids is 1. The molecule has 11 heteroatoms. The number of fused-ring (bicyclic) bond motifs is 1. The van der Waals surface area contributed by atoms with Crippen LogP contribution >= 0.6 is 0 Å². The molecule has 1 aromatic carbocycles. The predicted molar refractivity (Wildman–Crippen MR) is 101 cm³/mol. The van der Waals surface area contributed by atoms with Gasteiger partial charge in [-0.1, -0.05) is 0 Å². The van der Waals surface area contributed by atoms with E-state index in [1.807, 2.05) is 0 Å². The molecule has 1 aliphatic heterocycles. The number of H-pyrrole nitrogens is 1. The molecule has 1 aliphatic rings. The second-order valence-electron chi connectivity index (χ2n) is 6.96. The van der Waals surface area contributed by atoms with E-state index in [0.717, 1.165) is 19.3 Å². The minimum absolute atomic E-state index is 0.0470. The normalized spacial score (nSPS) is 14.8. The number of piperidine rings is 1. The number of carbonyl (C=O) groups excluding carboxylic acids is 1. The summed E-state index contributed by atoms with van der Waals surface area (Å²) in [5.41, 5.74) is -0.730. The Morgan fingerprint density at radius 1 is 1.17 bits per heavy atom. The fourth-order valence-corrected chi connectivity index (χ4v) is 3.39. The molecule has 3 heterocycles. The molecular weight excluding hydrogens is 405 g/mol. The lowest BCUT2D eigenvalue weighted by Gasteiger charge is -2.24. The van der Waals surface area contributed by atoms with E-state index >= 15 is 0 Å². The molecule has 8 nitrogen and oxygen atoms in total. The van der Waals surface area contributed by atoms with Crippen molar-refractivity contribution in [3.63, 3.8) is 0 Å². The number of nitrogens with zero attached hydrogens (tertiary/aromatic N) is 2. The van der Waals surface area contributed by atoms with E-state index in [9.17, 15) is 22.8 Å². The van der Waals surface area contributed by atoms with Crippen molar-refractivity contribution in [3.05, 3.63) is 41.4 Å². The van der Waals surface area contributed by atoms with Crippen LogP contribution < -0.4 is 10.2 Å². The van der Waals surface area contributed by atoms with Crippen molar-refractivity contribution in [2.75, 3.05) is 23.3 Å². The van der Waals surface area contributed by atoms with Gasteiger partial charge in [0.05, 0.1) is 0 Å². The number of nitrogens with one attached hydrogen (secondary N) is 2. The summed E-state index contributed by atoms with van der Waals surface area (Å²) in [6.07, 6.45) is -2.27. The quantitative estimate of drug-likeness (QED) is 0.583. The molecule has 1 fully saturated rings. The molecule has 0 spiro atoms. The van der Waals surface area contributed by atoms with Crippen molar-refractivity contribution in [1.82, 2.24) is 9.97 Å². The summed E-state index contributed by atoms with van der Waals surface area (Å²) in [5, 5.41) is 11.9. The molecule has 0 radical (unpaired) electrons. The first-order valence-corrected chi connectivity index (χ1v) is 9.23. The smallest absolute Gasteiger partial charge is 0.437 e. The van der Waals surface area contributed by atoms with E-state index in [0.29, 0.717) is 24.0 Å². The van der Waals surface area contributed by atoms with Crippen molar-refractivity contribution < 1.29 is 32.3 Å².